The van der Waals surface area contributed by atoms with Crippen LogP contribution in [-0.2, 0) is 11.2 Å². The molecule has 0 aliphatic rings. The third-order valence-corrected chi connectivity index (χ3v) is 3.22. The predicted molar refractivity (Wildman–Crippen MR) is 81.8 cm³/mol. The summed E-state index contributed by atoms with van der Waals surface area (Å²) in [5.74, 6) is -0.184. The third kappa shape index (κ3) is 3.31. The number of aromatic nitrogens is 1. The number of ether oxygens (including phenoxy) is 1. The number of aryl methyl sites for hydroxylation is 1. The molecule has 0 fully saturated rings. The van der Waals surface area contributed by atoms with Gasteiger partial charge in [0, 0.05) is 23.2 Å². The van der Waals surface area contributed by atoms with Crippen molar-refractivity contribution in [2.75, 3.05) is 7.11 Å². The minimum Gasteiger partial charge on any atom is -0.496 e. The van der Waals surface area contributed by atoms with Crippen LogP contribution < -0.4 is 10.2 Å². The highest BCUT2D eigenvalue weighted by atomic mass is 16.5. The molecular formula is C16H17NO4. The van der Waals surface area contributed by atoms with E-state index in [2.05, 4.69) is 4.98 Å². The van der Waals surface area contributed by atoms with Crippen molar-refractivity contribution in [3.05, 3.63) is 45.8 Å². The van der Waals surface area contributed by atoms with E-state index in [1.807, 2.05) is 13.0 Å². The monoisotopic (exact) mass is 287 g/mol. The molecule has 0 unspecified atom stereocenters. The molecule has 0 radical (unpaired) electrons. The van der Waals surface area contributed by atoms with E-state index in [0.29, 0.717) is 16.6 Å². The first kappa shape index (κ1) is 14.8. The first-order valence-electron chi connectivity index (χ1n) is 6.67. The van der Waals surface area contributed by atoms with Gasteiger partial charge >= 0.3 is 5.97 Å². The van der Waals surface area contributed by atoms with Gasteiger partial charge < -0.3 is 14.8 Å². The van der Waals surface area contributed by atoms with Crippen LogP contribution in [0.15, 0.2) is 29.1 Å². The summed E-state index contributed by atoms with van der Waals surface area (Å²) >= 11 is 0. The lowest BCUT2D eigenvalue weighted by molar-refractivity contribution is -0.135. The van der Waals surface area contributed by atoms with Crippen LogP contribution in [0, 0.1) is 0 Å². The van der Waals surface area contributed by atoms with E-state index in [0.717, 1.165) is 17.7 Å². The highest BCUT2D eigenvalue weighted by Crippen LogP contribution is 2.24. The molecule has 1 aromatic heterocycles. The van der Waals surface area contributed by atoms with E-state index in [1.54, 1.807) is 19.3 Å². The fourth-order valence-electron chi connectivity index (χ4n) is 2.19. The van der Waals surface area contributed by atoms with Gasteiger partial charge in [0.05, 0.1) is 19.0 Å². The molecule has 0 saturated heterocycles. The van der Waals surface area contributed by atoms with Gasteiger partial charge in [-0.1, -0.05) is 13.0 Å². The molecule has 0 amide bonds. The Hall–Kier alpha value is -2.56. The number of carbonyl (C=O) groups is 1. The van der Waals surface area contributed by atoms with Crippen LogP contribution in [0.1, 0.15) is 24.6 Å². The number of fused-ring (bicyclic) bond motifs is 1. The Bertz CT molecular complexity index is 759. The van der Waals surface area contributed by atoms with E-state index in [9.17, 15) is 9.59 Å². The van der Waals surface area contributed by atoms with Crippen LogP contribution in [0.2, 0.25) is 0 Å². The predicted octanol–water partition coefficient (Wildman–Crippen LogP) is 2.59. The van der Waals surface area contributed by atoms with Gasteiger partial charge in [0.1, 0.15) is 5.75 Å². The van der Waals surface area contributed by atoms with Crippen molar-refractivity contribution in [1.82, 2.24) is 4.98 Å². The Kier molecular flexibility index (Phi) is 4.42. The van der Waals surface area contributed by atoms with Crippen molar-refractivity contribution in [3.8, 4) is 5.75 Å². The molecule has 1 heterocycles. The van der Waals surface area contributed by atoms with Crippen molar-refractivity contribution in [2.45, 2.75) is 19.8 Å². The lowest BCUT2D eigenvalue weighted by atomic mass is 10.1. The molecule has 0 bridgehead atoms. The van der Waals surface area contributed by atoms with Crippen molar-refractivity contribution in [1.29, 1.82) is 0 Å². The summed E-state index contributed by atoms with van der Waals surface area (Å²) in [6, 6.07) is 5.09. The van der Waals surface area contributed by atoms with Gasteiger partial charge in [0.25, 0.3) is 0 Å². The van der Waals surface area contributed by atoms with Crippen LogP contribution in [0.25, 0.3) is 17.0 Å². The first-order chi connectivity index (χ1) is 10.0. The smallest absolute Gasteiger partial charge is 0.307 e. The molecule has 2 aromatic rings. The van der Waals surface area contributed by atoms with Crippen molar-refractivity contribution >= 4 is 22.9 Å². The minimum atomic E-state index is -0.913. The largest absolute Gasteiger partial charge is 0.496 e. The summed E-state index contributed by atoms with van der Waals surface area (Å²) in [5, 5.41) is 9.20. The fourth-order valence-corrected chi connectivity index (χ4v) is 2.19. The van der Waals surface area contributed by atoms with E-state index in [4.69, 9.17) is 9.84 Å². The molecule has 5 heteroatoms. The maximum absolute atomic E-state index is 12.2. The van der Waals surface area contributed by atoms with E-state index < -0.39 is 5.97 Å². The highest BCUT2D eigenvalue weighted by molar-refractivity contribution is 5.82. The number of nitrogens with one attached hydrogen (secondary N) is 1. The maximum Gasteiger partial charge on any atom is 0.307 e. The Morgan fingerprint density at radius 1 is 1.38 bits per heavy atom. The van der Waals surface area contributed by atoms with E-state index in [-0.39, 0.29) is 11.8 Å². The van der Waals surface area contributed by atoms with Crippen LogP contribution in [-0.4, -0.2) is 23.2 Å². The van der Waals surface area contributed by atoms with Gasteiger partial charge in [0.15, 0.2) is 5.43 Å². The van der Waals surface area contributed by atoms with Crippen molar-refractivity contribution < 1.29 is 14.6 Å². The number of rotatable bonds is 5. The van der Waals surface area contributed by atoms with Crippen LogP contribution in [0.4, 0.5) is 0 Å². The minimum absolute atomic E-state index is 0.0852. The second kappa shape index (κ2) is 6.26. The average molecular weight is 287 g/mol. The van der Waals surface area contributed by atoms with Gasteiger partial charge in [0.2, 0.25) is 0 Å². The lowest BCUT2D eigenvalue weighted by Crippen LogP contribution is -2.04. The molecule has 0 aliphatic carbocycles. The van der Waals surface area contributed by atoms with Crippen molar-refractivity contribution in [2.24, 2.45) is 0 Å². The number of aromatic amines is 1. The standard InChI is InChI=1S/C16H17NO4/c1-3-10-7-12-13(9-15(10)21-2)17-11(8-14(12)18)5-4-6-16(19)20/h4-5,7-9H,3,6H2,1-2H3,(H,17,18)(H,19,20)/b5-4+. The SMILES string of the molecule is CCc1cc2c(=O)cc(/C=C/CC(=O)O)[nH]c2cc1OC. The molecular weight excluding hydrogens is 270 g/mol. The Morgan fingerprint density at radius 3 is 2.76 bits per heavy atom. The lowest BCUT2D eigenvalue weighted by Gasteiger charge is -2.09. The highest BCUT2D eigenvalue weighted by Gasteiger charge is 2.07. The second-order valence-corrected chi connectivity index (χ2v) is 4.65. The summed E-state index contributed by atoms with van der Waals surface area (Å²) < 4.78 is 5.32. The Labute approximate surface area is 121 Å². The average Bonchev–Trinajstić information content (AvgIpc) is 2.45. The number of carboxylic acid groups (broad SMARTS) is 1. The zero-order valence-corrected chi connectivity index (χ0v) is 12.0. The van der Waals surface area contributed by atoms with Gasteiger partial charge in [-0.2, -0.15) is 0 Å². The summed E-state index contributed by atoms with van der Waals surface area (Å²) in [7, 11) is 1.59. The Morgan fingerprint density at radius 2 is 2.14 bits per heavy atom. The summed E-state index contributed by atoms with van der Waals surface area (Å²) in [5.41, 5.74) is 2.12. The fraction of sp³-hybridized carbons (Fsp3) is 0.250. The molecule has 0 saturated carbocycles. The molecule has 5 nitrogen and oxygen atoms in total. The van der Waals surface area contributed by atoms with Crippen LogP contribution in [0.3, 0.4) is 0 Å². The summed E-state index contributed by atoms with van der Waals surface area (Å²) in [4.78, 5) is 25.7. The van der Waals surface area contributed by atoms with Gasteiger partial charge in [-0.05, 0) is 24.1 Å². The summed E-state index contributed by atoms with van der Waals surface area (Å²) in [6.45, 7) is 2.00. The zero-order chi connectivity index (χ0) is 15.4. The van der Waals surface area contributed by atoms with Crippen LogP contribution >= 0.6 is 0 Å². The number of hydrogen-bond acceptors (Lipinski definition) is 3. The molecule has 0 aliphatic heterocycles. The number of methoxy groups -OCH3 is 1. The number of hydrogen-bond donors (Lipinski definition) is 2. The van der Waals surface area contributed by atoms with Crippen molar-refractivity contribution in [3.63, 3.8) is 0 Å². The summed E-state index contributed by atoms with van der Waals surface area (Å²) in [6.07, 6.45) is 3.78. The molecule has 21 heavy (non-hydrogen) atoms. The maximum atomic E-state index is 12.2. The Balaban J connectivity index is 2.52. The van der Waals surface area contributed by atoms with E-state index in [1.165, 1.54) is 12.1 Å². The number of benzene rings is 1. The molecule has 1 aromatic carbocycles. The van der Waals surface area contributed by atoms with E-state index >= 15 is 0 Å². The quantitative estimate of drug-likeness (QED) is 0.885. The number of pyridine rings is 1. The topological polar surface area (TPSA) is 79.4 Å². The van der Waals surface area contributed by atoms with Gasteiger partial charge in [-0.25, -0.2) is 0 Å². The molecule has 2 N–H and O–H groups in total. The number of H-pyrrole nitrogens is 1. The van der Waals surface area contributed by atoms with Gasteiger partial charge in [-0.3, -0.25) is 9.59 Å². The number of carboxylic acids is 1. The number of aliphatic carboxylic acids is 1. The molecule has 0 atom stereocenters. The zero-order valence-electron chi connectivity index (χ0n) is 12.0. The first-order valence-corrected chi connectivity index (χ1v) is 6.67. The third-order valence-electron chi connectivity index (χ3n) is 3.22. The molecule has 2 rings (SSSR count). The molecule has 110 valence electrons. The normalized spacial score (nSPS) is 11.1. The van der Waals surface area contributed by atoms with Gasteiger partial charge in [-0.15, -0.1) is 0 Å². The van der Waals surface area contributed by atoms with Crippen LogP contribution in [0.5, 0.6) is 5.75 Å². The molecule has 0 spiro atoms. The second-order valence-electron chi connectivity index (χ2n) is 4.65.